The largest absolute Gasteiger partial charge is 0.494 e. The Hall–Kier alpha value is -2.40. The van der Waals surface area contributed by atoms with Gasteiger partial charge in [0.05, 0.1) is 18.9 Å². The lowest BCUT2D eigenvalue weighted by Gasteiger charge is -2.14. The summed E-state index contributed by atoms with van der Waals surface area (Å²) in [6, 6.07) is 12.1. The van der Waals surface area contributed by atoms with Crippen LogP contribution in [0.2, 0.25) is 0 Å². The maximum Gasteiger partial charge on any atom is 0.315 e. The first kappa shape index (κ1) is 19.9. The van der Waals surface area contributed by atoms with Crippen molar-refractivity contribution < 1.29 is 19.1 Å². The van der Waals surface area contributed by atoms with Gasteiger partial charge in [-0.2, -0.15) is 0 Å². The number of carbonyl (C=O) groups is 2. The Morgan fingerprint density at radius 2 is 1.92 bits per heavy atom. The Kier molecular flexibility index (Phi) is 8.09. The quantitative estimate of drug-likeness (QED) is 0.272. The van der Waals surface area contributed by atoms with Gasteiger partial charge in [0.25, 0.3) is 0 Å². The molecule has 0 radical (unpaired) electrons. The first-order chi connectivity index (χ1) is 12.7. The fourth-order valence-corrected chi connectivity index (χ4v) is 2.53. The summed E-state index contributed by atoms with van der Waals surface area (Å²) >= 11 is 5.61. The number of ether oxygens (including phenoxy) is 2. The molecule has 0 fully saturated rings. The molecule has 0 aliphatic heterocycles. The third kappa shape index (κ3) is 5.85. The van der Waals surface area contributed by atoms with E-state index < -0.39 is 11.9 Å². The number of halogens is 1. The highest BCUT2D eigenvalue weighted by atomic mass is 35.5. The Balaban J connectivity index is 2.07. The van der Waals surface area contributed by atoms with E-state index in [1.54, 1.807) is 55.6 Å². The lowest BCUT2D eigenvalue weighted by molar-refractivity contribution is -0.145. The van der Waals surface area contributed by atoms with Crippen molar-refractivity contribution in [3.63, 3.8) is 0 Å². The number of ketones is 1. The van der Waals surface area contributed by atoms with Crippen molar-refractivity contribution in [3.8, 4) is 5.75 Å². The van der Waals surface area contributed by atoms with Gasteiger partial charge in [-0.25, -0.2) is 0 Å². The molecule has 1 aromatic carbocycles. The standard InChI is InChI=1S/C20H22ClNO4/c1-2-25-20(24)17(18-6-3-4-12-22-18)14-19(23)15-7-9-16(10-8-15)26-13-5-11-21/h3-4,6-10,12,17H,2,5,11,13-14H2,1H3. The monoisotopic (exact) mass is 375 g/mol. The number of esters is 1. The molecule has 0 aliphatic carbocycles. The lowest BCUT2D eigenvalue weighted by atomic mass is 9.95. The smallest absolute Gasteiger partial charge is 0.315 e. The van der Waals surface area contributed by atoms with E-state index in [2.05, 4.69) is 4.98 Å². The Bertz CT molecular complexity index is 704. The molecule has 26 heavy (non-hydrogen) atoms. The molecule has 0 N–H and O–H groups in total. The van der Waals surface area contributed by atoms with Crippen molar-refractivity contribution in [3.05, 3.63) is 59.9 Å². The van der Waals surface area contributed by atoms with E-state index in [0.717, 1.165) is 6.42 Å². The summed E-state index contributed by atoms with van der Waals surface area (Å²) in [7, 11) is 0. The molecule has 2 rings (SSSR count). The second kappa shape index (κ2) is 10.6. The van der Waals surface area contributed by atoms with Crippen LogP contribution in [0, 0.1) is 0 Å². The molecule has 0 aliphatic rings. The van der Waals surface area contributed by atoms with Gasteiger partial charge in [-0.3, -0.25) is 14.6 Å². The summed E-state index contributed by atoms with van der Waals surface area (Å²) in [4.78, 5) is 29.1. The number of aromatic nitrogens is 1. The van der Waals surface area contributed by atoms with Crippen LogP contribution in [0.4, 0.5) is 0 Å². The second-order valence-corrected chi connectivity index (χ2v) is 5.98. The van der Waals surface area contributed by atoms with Gasteiger partial charge >= 0.3 is 5.97 Å². The van der Waals surface area contributed by atoms with E-state index >= 15 is 0 Å². The Morgan fingerprint density at radius 1 is 1.15 bits per heavy atom. The second-order valence-electron chi connectivity index (χ2n) is 5.60. The number of nitrogens with zero attached hydrogens (tertiary/aromatic N) is 1. The number of alkyl halides is 1. The summed E-state index contributed by atoms with van der Waals surface area (Å²) in [6.07, 6.45) is 2.36. The molecule has 2 aromatic rings. The van der Waals surface area contributed by atoms with Gasteiger partial charge in [-0.05, 0) is 49.7 Å². The minimum Gasteiger partial charge on any atom is -0.494 e. The molecule has 1 heterocycles. The van der Waals surface area contributed by atoms with Gasteiger partial charge in [0.15, 0.2) is 5.78 Å². The zero-order valence-corrected chi connectivity index (χ0v) is 15.4. The van der Waals surface area contributed by atoms with Gasteiger partial charge in [-0.15, -0.1) is 11.6 Å². The fourth-order valence-electron chi connectivity index (χ4n) is 2.42. The van der Waals surface area contributed by atoms with Gasteiger partial charge < -0.3 is 9.47 Å². The summed E-state index contributed by atoms with van der Waals surface area (Å²) < 4.78 is 10.6. The van der Waals surface area contributed by atoms with Gasteiger partial charge in [0.1, 0.15) is 11.7 Å². The predicted octanol–water partition coefficient (Wildman–Crippen LogP) is 4.01. The molecule has 0 amide bonds. The van der Waals surface area contributed by atoms with Crippen LogP contribution in [0.25, 0.3) is 0 Å². The van der Waals surface area contributed by atoms with Crippen molar-refractivity contribution >= 4 is 23.4 Å². The Labute approximate surface area is 158 Å². The van der Waals surface area contributed by atoms with E-state index in [1.165, 1.54) is 0 Å². The van der Waals surface area contributed by atoms with Crippen LogP contribution < -0.4 is 4.74 Å². The molecule has 0 bridgehead atoms. The van der Waals surface area contributed by atoms with E-state index in [1.807, 2.05) is 0 Å². The van der Waals surface area contributed by atoms with Crippen LogP contribution in [0.5, 0.6) is 5.75 Å². The SMILES string of the molecule is CCOC(=O)C(CC(=O)c1ccc(OCCCCl)cc1)c1ccccn1. The fraction of sp³-hybridized carbons (Fsp3) is 0.350. The molecule has 0 saturated heterocycles. The molecule has 1 aromatic heterocycles. The molecule has 138 valence electrons. The molecular formula is C20H22ClNO4. The van der Waals surface area contributed by atoms with E-state index in [0.29, 0.717) is 29.5 Å². The third-order valence-corrected chi connectivity index (χ3v) is 4.00. The molecule has 0 spiro atoms. The molecule has 0 saturated carbocycles. The van der Waals surface area contributed by atoms with Crippen LogP contribution in [-0.2, 0) is 9.53 Å². The van der Waals surface area contributed by atoms with E-state index in [4.69, 9.17) is 21.1 Å². The van der Waals surface area contributed by atoms with Crippen LogP contribution in [0.1, 0.15) is 41.7 Å². The molecular weight excluding hydrogens is 354 g/mol. The normalized spacial score (nSPS) is 11.6. The number of Topliss-reactive ketones (excluding diaryl/α,β-unsaturated/α-hetero) is 1. The summed E-state index contributed by atoms with van der Waals surface area (Å²) in [6.45, 7) is 2.52. The summed E-state index contributed by atoms with van der Waals surface area (Å²) in [5, 5.41) is 0. The minimum absolute atomic E-state index is 0.00228. The summed E-state index contributed by atoms with van der Waals surface area (Å²) in [5.41, 5.74) is 1.04. The summed E-state index contributed by atoms with van der Waals surface area (Å²) in [5.74, 6) is -0.0949. The first-order valence-corrected chi connectivity index (χ1v) is 9.08. The number of pyridine rings is 1. The van der Waals surface area contributed by atoms with Crippen molar-refractivity contribution in [2.75, 3.05) is 19.1 Å². The average molecular weight is 376 g/mol. The minimum atomic E-state index is -0.719. The molecule has 1 atom stereocenters. The third-order valence-electron chi connectivity index (χ3n) is 3.73. The van der Waals surface area contributed by atoms with Crippen LogP contribution in [-0.4, -0.2) is 35.8 Å². The van der Waals surface area contributed by atoms with Crippen LogP contribution >= 0.6 is 11.6 Å². The number of hydrogen-bond acceptors (Lipinski definition) is 5. The van der Waals surface area contributed by atoms with Crippen LogP contribution in [0.15, 0.2) is 48.7 Å². The zero-order valence-electron chi connectivity index (χ0n) is 14.7. The van der Waals surface area contributed by atoms with Crippen molar-refractivity contribution in [2.45, 2.75) is 25.7 Å². The lowest BCUT2D eigenvalue weighted by Crippen LogP contribution is -2.20. The van der Waals surface area contributed by atoms with Crippen LogP contribution in [0.3, 0.4) is 0 Å². The van der Waals surface area contributed by atoms with Gasteiger partial charge in [0.2, 0.25) is 0 Å². The van der Waals surface area contributed by atoms with Crippen molar-refractivity contribution in [1.29, 1.82) is 0 Å². The topological polar surface area (TPSA) is 65.5 Å². The highest BCUT2D eigenvalue weighted by molar-refractivity contribution is 6.17. The first-order valence-electron chi connectivity index (χ1n) is 8.55. The van der Waals surface area contributed by atoms with Crippen molar-refractivity contribution in [1.82, 2.24) is 4.98 Å². The molecule has 6 heteroatoms. The van der Waals surface area contributed by atoms with Crippen molar-refractivity contribution in [2.24, 2.45) is 0 Å². The predicted molar refractivity (Wildman–Crippen MR) is 99.8 cm³/mol. The van der Waals surface area contributed by atoms with E-state index in [9.17, 15) is 9.59 Å². The Morgan fingerprint density at radius 3 is 2.54 bits per heavy atom. The molecule has 5 nitrogen and oxygen atoms in total. The number of carbonyl (C=O) groups excluding carboxylic acids is 2. The maximum absolute atomic E-state index is 12.6. The maximum atomic E-state index is 12.6. The zero-order chi connectivity index (χ0) is 18.8. The van der Waals surface area contributed by atoms with Gasteiger partial charge in [-0.1, -0.05) is 6.07 Å². The average Bonchev–Trinajstić information content (AvgIpc) is 2.67. The van der Waals surface area contributed by atoms with Gasteiger partial charge in [0, 0.05) is 24.1 Å². The number of benzene rings is 1. The highest BCUT2D eigenvalue weighted by Gasteiger charge is 2.26. The number of rotatable bonds is 10. The highest BCUT2D eigenvalue weighted by Crippen LogP contribution is 2.23. The molecule has 1 unspecified atom stereocenters. The number of hydrogen-bond donors (Lipinski definition) is 0. The van der Waals surface area contributed by atoms with E-state index in [-0.39, 0.29) is 18.8 Å².